The van der Waals surface area contributed by atoms with E-state index in [-0.39, 0.29) is 10.6 Å². The lowest BCUT2D eigenvalue weighted by atomic mass is 10.2. The van der Waals surface area contributed by atoms with Gasteiger partial charge < -0.3 is 11.1 Å². The average Bonchev–Trinajstić information content (AvgIpc) is 2.01. The molecule has 3 N–H and O–H groups in total. The minimum atomic E-state index is -0.561. The van der Waals surface area contributed by atoms with E-state index >= 15 is 0 Å². The number of halogens is 1. The first kappa shape index (κ1) is 8.07. The van der Waals surface area contributed by atoms with E-state index in [1.165, 1.54) is 6.07 Å². The summed E-state index contributed by atoms with van der Waals surface area (Å²) >= 11 is 3.85. The lowest BCUT2D eigenvalue weighted by Gasteiger charge is -2.01. The summed E-state index contributed by atoms with van der Waals surface area (Å²) in [7, 11) is 0. The maximum Gasteiger partial charge on any atom is 0.160 e. The van der Waals surface area contributed by atoms with Crippen molar-refractivity contribution in [2.24, 2.45) is 0 Å². The third kappa shape index (κ3) is 1.35. The molecule has 0 aliphatic carbocycles. The maximum absolute atomic E-state index is 12.9. The van der Waals surface area contributed by atoms with E-state index in [9.17, 15) is 4.39 Å². The van der Waals surface area contributed by atoms with Gasteiger partial charge in [0.25, 0.3) is 0 Å². The molecule has 0 atom stereocenters. The quantitative estimate of drug-likeness (QED) is 0.335. The first-order chi connectivity index (χ1) is 5.16. The summed E-state index contributed by atoms with van der Waals surface area (Å²) in [6, 6.07) is 2.96. The number of nitrogens with one attached hydrogen (secondary N) is 1. The Morgan fingerprint density at radius 3 is 2.73 bits per heavy atom. The van der Waals surface area contributed by atoms with Crippen LogP contribution in [0.5, 0.6) is 0 Å². The Kier molecular flexibility index (Phi) is 2.14. The van der Waals surface area contributed by atoms with Crippen LogP contribution in [0.4, 0.5) is 10.1 Å². The first-order valence-corrected chi connectivity index (χ1v) is 3.39. The van der Waals surface area contributed by atoms with Crippen LogP contribution >= 0.6 is 12.6 Å². The lowest BCUT2D eigenvalue weighted by Crippen LogP contribution is -1.94. The van der Waals surface area contributed by atoms with Gasteiger partial charge in [0.05, 0.1) is 10.6 Å². The van der Waals surface area contributed by atoms with Gasteiger partial charge in [-0.05, 0) is 6.07 Å². The fraction of sp³-hybridized carbons (Fsp3) is 0. The number of benzene rings is 1. The molecule has 0 aromatic heterocycles. The minimum absolute atomic E-state index is 0.0561. The summed E-state index contributed by atoms with van der Waals surface area (Å²) in [4.78, 5) is 0.125. The molecule has 1 aromatic carbocycles. The molecule has 0 unspecified atom stereocenters. The van der Waals surface area contributed by atoms with Crippen molar-refractivity contribution in [2.45, 2.75) is 4.90 Å². The zero-order valence-corrected chi connectivity index (χ0v) is 6.53. The first-order valence-electron chi connectivity index (χ1n) is 2.94. The molecule has 0 saturated carbocycles. The molecule has 0 amide bonds. The van der Waals surface area contributed by atoms with Crippen LogP contribution in [0.2, 0.25) is 0 Å². The van der Waals surface area contributed by atoms with E-state index in [4.69, 9.17) is 11.1 Å². The second kappa shape index (κ2) is 2.92. The summed E-state index contributed by atoms with van der Waals surface area (Å²) in [6.07, 6.45) is 1.03. The van der Waals surface area contributed by atoms with Crippen LogP contribution in [-0.4, -0.2) is 6.21 Å². The zero-order valence-electron chi connectivity index (χ0n) is 5.63. The Balaban J connectivity index is 3.36. The van der Waals surface area contributed by atoms with Gasteiger partial charge in [0.15, 0.2) is 5.82 Å². The molecule has 58 valence electrons. The fourth-order valence-electron chi connectivity index (χ4n) is 0.712. The van der Waals surface area contributed by atoms with Crippen molar-refractivity contribution >= 4 is 24.5 Å². The number of nitrogen functional groups attached to an aromatic ring is 1. The highest BCUT2D eigenvalue weighted by molar-refractivity contribution is 7.80. The second-order valence-electron chi connectivity index (χ2n) is 2.05. The summed E-state index contributed by atoms with van der Waals surface area (Å²) in [6.45, 7) is 0. The van der Waals surface area contributed by atoms with E-state index in [1.807, 2.05) is 0 Å². The molecule has 4 heteroatoms. The smallest absolute Gasteiger partial charge is 0.160 e. The standard InChI is InChI=1S/C7H7FN2S/c8-6-5(10)2-1-4(3-9)7(6)11/h1-3,9,11H,10H2. The molecule has 1 aromatic rings. The monoisotopic (exact) mass is 170 g/mol. The van der Waals surface area contributed by atoms with Gasteiger partial charge in [-0.1, -0.05) is 6.07 Å². The highest BCUT2D eigenvalue weighted by Crippen LogP contribution is 2.21. The highest BCUT2D eigenvalue weighted by Gasteiger charge is 2.05. The van der Waals surface area contributed by atoms with Crippen LogP contribution in [0.3, 0.4) is 0 Å². The van der Waals surface area contributed by atoms with Gasteiger partial charge in [0.2, 0.25) is 0 Å². The lowest BCUT2D eigenvalue weighted by molar-refractivity contribution is 0.607. The van der Waals surface area contributed by atoms with Gasteiger partial charge in [-0.15, -0.1) is 12.6 Å². The summed E-state index contributed by atoms with van der Waals surface area (Å²) in [5, 5.41) is 6.87. The number of hydrogen-bond donors (Lipinski definition) is 3. The Labute approximate surface area is 69.1 Å². The topological polar surface area (TPSA) is 49.9 Å². The molecule has 0 heterocycles. The molecule has 0 aliphatic heterocycles. The average molecular weight is 170 g/mol. The van der Waals surface area contributed by atoms with Crippen LogP contribution in [0.15, 0.2) is 17.0 Å². The van der Waals surface area contributed by atoms with Gasteiger partial charge >= 0.3 is 0 Å². The van der Waals surface area contributed by atoms with Gasteiger partial charge in [0, 0.05) is 11.8 Å². The minimum Gasteiger partial charge on any atom is -0.396 e. The van der Waals surface area contributed by atoms with Crippen molar-refractivity contribution in [1.82, 2.24) is 0 Å². The van der Waals surface area contributed by atoms with Crippen molar-refractivity contribution < 1.29 is 4.39 Å². The van der Waals surface area contributed by atoms with Crippen LogP contribution in [0, 0.1) is 11.2 Å². The Bertz CT molecular complexity index is 299. The van der Waals surface area contributed by atoms with Gasteiger partial charge in [-0.3, -0.25) is 0 Å². The van der Waals surface area contributed by atoms with Gasteiger partial charge in [-0.2, -0.15) is 0 Å². The van der Waals surface area contributed by atoms with Crippen LogP contribution in [0.1, 0.15) is 5.56 Å². The number of hydrogen-bond acceptors (Lipinski definition) is 3. The summed E-state index contributed by atoms with van der Waals surface area (Å²) < 4.78 is 12.9. The van der Waals surface area contributed by atoms with Crippen molar-refractivity contribution in [3.8, 4) is 0 Å². The predicted octanol–water partition coefficient (Wildman–Crippen LogP) is 1.69. The van der Waals surface area contributed by atoms with E-state index in [0.717, 1.165) is 6.21 Å². The van der Waals surface area contributed by atoms with Gasteiger partial charge in [-0.25, -0.2) is 4.39 Å². The molecule has 0 aliphatic rings. The fourth-order valence-corrected chi connectivity index (χ4v) is 0.980. The largest absolute Gasteiger partial charge is 0.396 e. The van der Waals surface area contributed by atoms with E-state index in [2.05, 4.69) is 12.6 Å². The number of rotatable bonds is 1. The number of thiol groups is 1. The zero-order chi connectivity index (χ0) is 8.43. The van der Waals surface area contributed by atoms with Gasteiger partial charge in [0.1, 0.15) is 0 Å². The van der Waals surface area contributed by atoms with Crippen molar-refractivity contribution in [2.75, 3.05) is 5.73 Å². The van der Waals surface area contributed by atoms with Crippen LogP contribution in [0.25, 0.3) is 0 Å². The Morgan fingerprint density at radius 2 is 2.18 bits per heavy atom. The molecule has 1 rings (SSSR count). The normalized spacial score (nSPS) is 9.64. The van der Waals surface area contributed by atoms with Crippen LogP contribution in [-0.2, 0) is 0 Å². The number of nitrogens with two attached hydrogens (primary N) is 1. The summed E-state index contributed by atoms with van der Waals surface area (Å²) in [5.74, 6) is -0.561. The predicted molar refractivity (Wildman–Crippen MR) is 46.0 cm³/mol. The van der Waals surface area contributed by atoms with Crippen LogP contribution < -0.4 is 5.73 Å². The molecule has 0 fully saturated rings. The molecule has 11 heavy (non-hydrogen) atoms. The van der Waals surface area contributed by atoms with E-state index < -0.39 is 5.82 Å². The Morgan fingerprint density at radius 1 is 1.55 bits per heavy atom. The number of anilines is 1. The molecule has 2 nitrogen and oxygen atoms in total. The SMILES string of the molecule is N=Cc1ccc(N)c(F)c1S. The van der Waals surface area contributed by atoms with Crippen molar-refractivity contribution in [3.05, 3.63) is 23.5 Å². The molecule has 0 bridgehead atoms. The van der Waals surface area contributed by atoms with Crippen molar-refractivity contribution in [3.63, 3.8) is 0 Å². The van der Waals surface area contributed by atoms with E-state index in [0.29, 0.717) is 5.56 Å². The summed E-state index contributed by atoms with van der Waals surface area (Å²) in [5.41, 5.74) is 5.73. The molecule has 0 radical (unpaired) electrons. The third-order valence-electron chi connectivity index (χ3n) is 1.33. The molecular formula is C7H7FN2S. The Hall–Kier alpha value is -1.03. The molecular weight excluding hydrogens is 163 g/mol. The van der Waals surface area contributed by atoms with E-state index in [1.54, 1.807) is 6.07 Å². The second-order valence-corrected chi connectivity index (χ2v) is 2.50. The third-order valence-corrected chi connectivity index (χ3v) is 1.79. The highest BCUT2D eigenvalue weighted by atomic mass is 32.1. The van der Waals surface area contributed by atoms with Crippen molar-refractivity contribution in [1.29, 1.82) is 5.41 Å². The molecule has 0 spiro atoms. The maximum atomic E-state index is 12.9. The molecule has 0 saturated heterocycles.